The van der Waals surface area contributed by atoms with E-state index in [2.05, 4.69) is 79.6 Å². The minimum atomic E-state index is 0. The molecule has 4 unspecified atom stereocenters. The van der Waals surface area contributed by atoms with Gasteiger partial charge in [-0.25, -0.2) is 0 Å². The van der Waals surface area contributed by atoms with E-state index >= 15 is 0 Å². The topological polar surface area (TPSA) is 3.24 Å². The molecule has 0 saturated heterocycles. The molecule has 1 nitrogen and oxygen atoms in total. The molecule has 4 atom stereocenters. The maximum Gasteiger partial charge on any atom is 1.00 e. The SMILES string of the molecule is CC1CC2C=C3C(=CC2C1N(C)C)C(C)(C)CCC3(C)C.CCC.[Li+]. The molecule has 25 heavy (non-hydrogen) atoms. The third-order valence-electron chi connectivity index (χ3n) is 6.58. The van der Waals surface area contributed by atoms with Gasteiger partial charge in [-0.2, -0.15) is 0 Å². The van der Waals surface area contributed by atoms with Crippen LogP contribution in [0.4, 0.5) is 0 Å². The summed E-state index contributed by atoms with van der Waals surface area (Å²) in [6, 6.07) is 0.709. The molecular weight excluding hydrogens is 297 g/mol. The molecule has 0 aliphatic heterocycles. The van der Waals surface area contributed by atoms with Crippen LogP contribution in [0.1, 0.15) is 74.1 Å². The average Bonchev–Trinajstić information content (AvgIpc) is 2.79. The summed E-state index contributed by atoms with van der Waals surface area (Å²) in [6.07, 6.45) is 10.6. The first-order valence-corrected chi connectivity index (χ1v) is 10.2. The van der Waals surface area contributed by atoms with Crippen LogP contribution in [0.3, 0.4) is 0 Å². The molecule has 3 aliphatic carbocycles. The van der Waals surface area contributed by atoms with Crippen LogP contribution in [0, 0.1) is 28.6 Å². The smallest absolute Gasteiger partial charge is 0.306 e. The molecule has 2 fully saturated rings. The van der Waals surface area contributed by atoms with Crippen LogP contribution >= 0.6 is 0 Å². The fourth-order valence-electron chi connectivity index (χ4n) is 5.27. The monoisotopic (exact) mass is 338 g/mol. The standard InChI is InChI=1S/C20H33N.C3H8.Li/c1-13-10-14-11-16-17(12-15(14)18(13)21(6)7)20(4,5)9-8-19(16,2)3;1-3-2;/h11-15,18H,8-10H2,1-7H3;3H2,1-2H3;/q;;+1. The minimum absolute atomic E-state index is 0. The molecule has 0 aromatic carbocycles. The van der Waals surface area contributed by atoms with Crippen LogP contribution in [0.2, 0.25) is 0 Å². The van der Waals surface area contributed by atoms with E-state index in [1.165, 1.54) is 25.7 Å². The number of hydrogen-bond donors (Lipinski definition) is 0. The Morgan fingerprint density at radius 1 is 0.960 bits per heavy atom. The number of rotatable bonds is 1. The van der Waals surface area contributed by atoms with Crippen molar-refractivity contribution >= 4 is 0 Å². The predicted molar refractivity (Wildman–Crippen MR) is 107 cm³/mol. The average molecular weight is 339 g/mol. The zero-order valence-electron chi connectivity index (χ0n) is 18.7. The molecule has 0 heterocycles. The van der Waals surface area contributed by atoms with Gasteiger partial charge in [0.15, 0.2) is 0 Å². The van der Waals surface area contributed by atoms with Gasteiger partial charge in [0.05, 0.1) is 0 Å². The molecule has 0 radical (unpaired) electrons. The molecule has 138 valence electrons. The van der Waals surface area contributed by atoms with Crippen molar-refractivity contribution in [3.05, 3.63) is 23.3 Å². The van der Waals surface area contributed by atoms with Gasteiger partial charge in [0.25, 0.3) is 0 Å². The van der Waals surface area contributed by atoms with Crippen LogP contribution < -0.4 is 18.9 Å². The van der Waals surface area contributed by atoms with Gasteiger partial charge in [-0.1, -0.05) is 67.0 Å². The molecule has 0 aromatic heterocycles. The molecule has 0 N–H and O–H groups in total. The summed E-state index contributed by atoms with van der Waals surface area (Å²) in [5.74, 6) is 2.29. The van der Waals surface area contributed by atoms with Crippen molar-refractivity contribution < 1.29 is 18.9 Å². The van der Waals surface area contributed by atoms with Crippen molar-refractivity contribution in [1.29, 1.82) is 0 Å². The molecule has 2 saturated carbocycles. The van der Waals surface area contributed by atoms with E-state index in [1.807, 2.05) is 0 Å². The Hall–Kier alpha value is 0.0374. The Bertz CT molecular complexity index is 512. The number of hydrogen-bond acceptors (Lipinski definition) is 1. The maximum atomic E-state index is 2.69. The second-order valence-electron chi connectivity index (χ2n) is 10.0. The maximum absolute atomic E-state index is 2.69. The number of allylic oxidation sites excluding steroid dienone is 3. The molecule has 3 aliphatic rings. The van der Waals surface area contributed by atoms with Crippen molar-refractivity contribution in [2.24, 2.45) is 28.6 Å². The van der Waals surface area contributed by atoms with Gasteiger partial charge in [-0.15, -0.1) is 0 Å². The van der Waals surface area contributed by atoms with E-state index in [0.29, 0.717) is 16.9 Å². The Morgan fingerprint density at radius 3 is 1.84 bits per heavy atom. The van der Waals surface area contributed by atoms with Crippen molar-refractivity contribution in [3.63, 3.8) is 0 Å². The number of nitrogens with zero attached hydrogens (tertiary/aromatic N) is 1. The largest absolute Gasteiger partial charge is 1.00 e. The molecule has 0 spiro atoms. The van der Waals surface area contributed by atoms with E-state index in [4.69, 9.17) is 0 Å². The fourth-order valence-corrected chi connectivity index (χ4v) is 5.27. The van der Waals surface area contributed by atoms with Gasteiger partial charge in [-0.05, 0) is 73.1 Å². The first-order chi connectivity index (χ1) is 11.0. The van der Waals surface area contributed by atoms with Crippen molar-refractivity contribution in [1.82, 2.24) is 4.90 Å². The van der Waals surface area contributed by atoms with Gasteiger partial charge in [0.2, 0.25) is 0 Å². The van der Waals surface area contributed by atoms with Crippen LogP contribution in [0.5, 0.6) is 0 Å². The number of fused-ring (bicyclic) bond motifs is 2. The van der Waals surface area contributed by atoms with E-state index in [1.54, 1.807) is 11.1 Å². The van der Waals surface area contributed by atoms with Crippen molar-refractivity contribution in [2.45, 2.75) is 80.2 Å². The van der Waals surface area contributed by atoms with Gasteiger partial charge in [0.1, 0.15) is 0 Å². The molecule has 2 heteroatoms. The Morgan fingerprint density at radius 2 is 1.40 bits per heavy atom. The summed E-state index contributed by atoms with van der Waals surface area (Å²) in [5, 5.41) is 0. The molecule has 0 bridgehead atoms. The Balaban J connectivity index is 0.000000730. The first kappa shape index (κ1) is 23.1. The molecule has 0 aromatic rings. The zero-order chi connectivity index (χ0) is 18.3. The second-order valence-corrected chi connectivity index (χ2v) is 10.0. The Labute approximate surface area is 169 Å². The normalized spacial score (nSPS) is 34.6. The first-order valence-electron chi connectivity index (χ1n) is 10.2. The third kappa shape index (κ3) is 4.48. The summed E-state index contributed by atoms with van der Waals surface area (Å²) in [5.41, 5.74) is 4.06. The summed E-state index contributed by atoms with van der Waals surface area (Å²) in [6.45, 7) is 16.5. The summed E-state index contributed by atoms with van der Waals surface area (Å²) in [4.78, 5) is 2.46. The molecular formula is C23H41LiN+. The second kappa shape index (κ2) is 8.37. The van der Waals surface area contributed by atoms with E-state index in [9.17, 15) is 0 Å². The van der Waals surface area contributed by atoms with Crippen LogP contribution in [-0.4, -0.2) is 25.0 Å². The van der Waals surface area contributed by atoms with E-state index < -0.39 is 0 Å². The van der Waals surface area contributed by atoms with Crippen LogP contribution in [0.15, 0.2) is 23.3 Å². The van der Waals surface area contributed by atoms with Gasteiger partial charge in [-0.3, -0.25) is 0 Å². The van der Waals surface area contributed by atoms with Gasteiger partial charge >= 0.3 is 18.9 Å². The summed E-state index contributed by atoms with van der Waals surface area (Å²) >= 11 is 0. The quantitative estimate of drug-likeness (QED) is 0.663. The van der Waals surface area contributed by atoms with Crippen molar-refractivity contribution in [2.75, 3.05) is 14.1 Å². The van der Waals surface area contributed by atoms with Crippen LogP contribution in [-0.2, 0) is 0 Å². The third-order valence-corrected chi connectivity index (χ3v) is 6.58. The van der Waals surface area contributed by atoms with Crippen molar-refractivity contribution in [3.8, 4) is 0 Å². The molecule has 0 amide bonds. The minimum Gasteiger partial charge on any atom is -0.306 e. The van der Waals surface area contributed by atoms with E-state index in [0.717, 1.165) is 17.8 Å². The summed E-state index contributed by atoms with van der Waals surface area (Å²) < 4.78 is 0. The van der Waals surface area contributed by atoms with Gasteiger partial charge < -0.3 is 4.90 Å². The van der Waals surface area contributed by atoms with Crippen LogP contribution in [0.25, 0.3) is 0 Å². The van der Waals surface area contributed by atoms with E-state index in [-0.39, 0.29) is 18.9 Å². The zero-order valence-corrected chi connectivity index (χ0v) is 18.7. The summed E-state index contributed by atoms with van der Waals surface area (Å²) in [7, 11) is 4.52. The molecule has 3 rings (SSSR count). The van der Waals surface area contributed by atoms with Gasteiger partial charge in [0, 0.05) is 6.04 Å². The Kier molecular flexibility index (Phi) is 7.73. The predicted octanol–water partition coefficient (Wildman–Crippen LogP) is 3.32. The fraction of sp³-hybridized carbons (Fsp3) is 0.826.